The number of methoxy groups -OCH3 is 1. The van der Waals surface area contributed by atoms with Crippen LogP contribution in [0.1, 0.15) is 27.2 Å². The van der Waals surface area contributed by atoms with E-state index in [4.69, 9.17) is 20.9 Å². The molecule has 178 valence electrons. The van der Waals surface area contributed by atoms with Gasteiger partial charge in [0.05, 0.1) is 12.8 Å². The van der Waals surface area contributed by atoms with Crippen molar-refractivity contribution in [3.63, 3.8) is 0 Å². The maximum Gasteiger partial charge on any atom is 0.412 e. The van der Waals surface area contributed by atoms with Crippen molar-refractivity contribution in [2.24, 2.45) is 11.7 Å². The van der Waals surface area contributed by atoms with E-state index in [1.54, 1.807) is 13.2 Å². The Kier molecular flexibility index (Phi) is 5.12. The number of ether oxygens (including phenoxy) is 2. The number of amides is 1. The van der Waals surface area contributed by atoms with Crippen LogP contribution in [0.25, 0.3) is 16.6 Å². The number of aromatic nitrogens is 3. The number of benzene rings is 1. The summed E-state index contributed by atoms with van der Waals surface area (Å²) in [6.45, 7) is 6.25. The third kappa shape index (κ3) is 3.79. The molecule has 1 fully saturated rings. The Morgan fingerprint density at radius 1 is 1.26 bits per heavy atom. The quantitative estimate of drug-likeness (QED) is 0.536. The van der Waals surface area contributed by atoms with Crippen LogP contribution in [0.2, 0.25) is 0 Å². The Morgan fingerprint density at radius 3 is 2.71 bits per heavy atom. The van der Waals surface area contributed by atoms with Crippen LogP contribution >= 0.6 is 0 Å². The lowest BCUT2D eigenvalue weighted by Crippen LogP contribution is -2.52. The number of nitrogens with two attached hydrogens (primary N) is 2. The minimum atomic E-state index is -0.606. The van der Waals surface area contributed by atoms with E-state index in [1.165, 1.54) is 11.9 Å². The fourth-order valence-corrected chi connectivity index (χ4v) is 4.54. The van der Waals surface area contributed by atoms with Gasteiger partial charge in [0.2, 0.25) is 0 Å². The molecule has 2 aromatic heterocycles. The lowest BCUT2D eigenvalue weighted by molar-refractivity contribution is 0.0635. The fourth-order valence-electron chi connectivity index (χ4n) is 4.54. The molecular weight excluding hydrogens is 434 g/mol. The largest absolute Gasteiger partial charge is 0.495 e. The van der Waals surface area contributed by atoms with E-state index in [-0.39, 0.29) is 6.04 Å². The van der Waals surface area contributed by atoms with Gasteiger partial charge in [-0.15, -0.1) is 0 Å². The smallest absolute Gasteiger partial charge is 0.412 e. The van der Waals surface area contributed by atoms with Crippen molar-refractivity contribution in [2.75, 3.05) is 29.6 Å². The molecule has 0 radical (unpaired) electrons. The molecular formula is C24H29N7O3. The average molecular weight is 464 g/mol. The Hall–Kier alpha value is -3.79. The third-order valence-corrected chi connectivity index (χ3v) is 6.19. The molecule has 34 heavy (non-hydrogen) atoms. The van der Waals surface area contributed by atoms with E-state index in [0.717, 1.165) is 29.9 Å². The van der Waals surface area contributed by atoms with Crippen LogP contribution in [0.15, 0.2) is 42.4 Å². The van der Waals surface area contributed by atoms with Crippen molar-refractivity contribution in [1.29, 1.82) is 0 Å². The molecule has 2 atom stereocenters. The number of anilines is 3. The summed E-state index contributed by atoms with van der Waals surface area (Å²) in [4.78, 5) is 18.6. The minimum Gasteiger partial charge on any atom is -0.495 e. The molecule has 0 saturated heterocycles. The third-order valence-electron chi connectivity index (χ3n) is 6.19. The van der Waals surface area contributed by atoms with Crippen LogP contribution < -0.4 is 26.4 Å². The van der Waals surface area contributed by atoms with Gasteiger partial charge in [-0.3, -0.25) is 5.32 Å². The zero-order valence-corrected chi connectivity index (χ0v) is 19.7. The van der Waals surface area contributed by atoms with Crippen molar-refractivity contribution in [3.8, 4) is 16.9 Å². The summed E-state index contributed by atoms with van der Waals surface area (Å²) >= 11 is 0. The van der Waals surface area contributed by atoms with Crippen molar-refractivity contribution in [1.82, 2.24) is 14.6 Å². The number of carbonyl (C=O) groups is 1. The first kappa shape index (κ1) is 22.0. The van der Waals surface area contributed by atoms with Gasteiger partial charge in [-0.05, 0) is 62.4 Å². The highest BCUT2D eigenvalue weighted by atomic mass is 16.6. The first-order chi connectivity index (χ1) is 16.1. The first-order valence-corrected chi connectivity index (χ1v) is 11.2. The van der Waals surface area contributed by atoms with Gasteiger partial charge < -0.3 is 25.8 Å². The van der Waals surface area contributed by atoms with Crippen LogP contribution in [0.3, 0.4) is 0 Å². The lowest BCUT2D eigenvalue weighted by atomic mass is 9.73. The highest BCUT2D eigenvalue weighted by Crippen LogP contribution is 2.42. The molecule has 3 aromatic rings. The van der Waals surface area contributed by atoms with Crippen LogP contribution in [0.4, 0.5) is 22.1 Å². The van der Waals surface area contributed by atoms with Crippen molar-refractivity contribution >= 4 is 28.9 Å². The van der Waals surface area contributed by atoms with E-state index >= 15 is 0 Å². The fraction of sp³-hybridized carbons (Fsp3) is 0.375. The number of hydrogen-bond donors (Lipinski definition) is 3. The summed E-state index contributed by atoms with van der Waals surface area (Å²) in [7, 11) is 1.55. The second-order valence-corrected chi connectivity index (χ2v) is 9.71. The Balaban J connectivity index is 1.54. The Morgan fingerprint density at radius 2 is 2.06 bits per heavy atom. The molecule has 3 aliphatic rings. The predicted molar refractivity (Wildman–Crippen MR) is 131 cm³/mol. The average Bonchev–Trinajstić information content (AvgIpc) is 3.19. The van der Waals surface area contributed by atoms with Crippen LogP contribution in [-0.2, 0) is 4.74 Å². The van der Waals surface area contributed by atoms with E-state index in [0.29, 0.717) is 28.7 Å². The number of nitrogen functional groups attached to an aromatic ring is 1. The number of fused-ring (bicyclic) bond motifs is 3. The molecule has 1 amide bonds. The number of nitrogens with one attached hydrogen (secondary N) is 1. The van der Waals surface area contributed by atoms with E-state index in [2.05, 4.69) is 26.5 Å². The summed E-state index contributed by atoms with van der Waals surface area (Å²) in [6, 6.07) is 7.71. The van der Waals surface area contributed by atoms with Crippen molar-refractivity contribution < 1.29 is 14.3 Å². The highest BCUT2D eigenvalue weighted by molar-refractivity contribution is 5.93. The predicted octanol–water partition coefficient (Wildman–Crippen LogP) is 3.39. The minimum absolute atomic E-state index is 0.149. The zero-order chi connectivity index (χ0) is 24.2. The topological polar surface area (TPSA) is 133 Å². The van der Waals surface area contributed by atoms with E-state index < -0.39 is 11.7 Å². The second-order valence-electron chi connectivity index (χ2n) is 9.71. The summed E-state index contributed by atoms with van der Waals surface area (Å²) in [6.07, 6.45) is 4.06. The molecule has 2 bridgehead atoms. The molecule has 1 saturated carbocycles. The van der Waals surface area contributed by atoms with Crippen LogP contribution in [-0.4, -0.2) is 46.0 Å². The van der Waals surface area contributed by atoms with E-state index in [9.17, 15) is 4.79 Å². The van der Waals surface area contributed by atoms with Gasteiger partial charge >= 0.3 is 6.09 Å². The molecule has 1 aliphatic carbocycles. The number of carbonyl (C=O) groups excluding carboxylic acids is 1. The molecule has 6 rings (SSSR count). The van der Waals surface area contributed by atoms with Gasteiger partial charge in [0, 0.05) is 24.4 Å². The standard InChI is InChI=1S/C24H29N7O3/c1-24(2,3)34-23(32)29-17-6-5-13(8-18(17)33-4)16-9-19(31-21(16)22(26)27-12-28-31)30-10-14-7-15(11-30)20(14)25/h5-6,8-10,12,15,20H,7,11,25H2,1-4H3,(H,29,32)(H2,26,27,28). The second kappa shape index (κ2) is 7.91. The molecule has 4 heterocycles. The summed E-state index contributed by atoms with van der Waals surface area (Å²) < 4.78 is 12.7. The zero-order valence-electron chi connectivity index (χ0n) is 19.7. The SMILES string of the molecule is COc1cc(-c2cc(N3C=C4CC(C3)C4N)n3ncnc(N)c23)ccc1NC(=O)OC(C)(C)C. The van der Waals surface area contributed by atoms with Gasteiger partial charge in [0.1, 0.15) is 29.0 Å². The number of rotatable bonds is 4. The van der Waals surface area contributed by atoms with Crippen LogP contribution in [0.5, 0.6) is 5.75 Å². The maximum atomic E-state index is 12.3. The Labute approximate surface area is 197 Å². The van der Waals surface area contributed by atoms with Crippen LogP contribution in [0, 0.1) is 5.92 Å². The summed E-state index contributed by atoms with van der Waals surface area (Å²) in [5, 5.41) is 7.22. The molecule has 10 nitrogen and oxygen atoms in total. The molecule has 2 unspecified atom stereocenters. The lowest BCUT2D eigenvalue weighted by Gasteiger charge is -2.45. The van der Waals surface area contributed by atoms with Gasteiger partial charge in [-0.25, -0.2) is 14.3 Å². The normalized spacial score (nSPS) is 19.4. The van der Waals surface area contributed by atoms with Gasteiger partial charge in [0.25, 0.3) is 0 Å². The molecule has 10 heteroatoms. The first-order valence-electron chi connectivity index (χ1n) is 11.2. The summed E-state index contributed by atoms with van der Waals surface area (Å²) in [5.74, 6) is 2.19. The molecule has 1 aromatic carbocycles. The molecule has 5 N–H and O–H groups in total. The monoisotopic (exact) mass is 463 g/mol. The number of hydrogen-bond acceptors (Lipinski definition) is 8. The number of nitrogens with zero attached hydrogens (tertiary/aromatic N) is 4. The van der Waals surface area contributed by atoms with Gasteiger partial charge in [0.15, 0.2) is 5.82 Å². The van der Waals surface area contributed by atoms with Gasteiger partial charge in [-0.1, -0.05) is 6.07 Å². The molecule has 0 spiro atoms. The van der Waals surface area contributed by atoms with Gasteiger partial charge in [-0.2, -0.15) is 5.10 Å². The van der Waals surface area contributed by atoms with Crippen molar-refractivity contribution in [2.45, 2.75) is 38.8 Å². The maximum absolute atomic E-state index is 12.3. The van der Waals surface area contributed by atoms with E-state index in [1.807, 2.05) is 43.5 Å². The summed E-state index contributed by atoms with van der Waals surface area (Å²) in [5.41, 5.74) is 16.1. The van der Waals surface area contributed by atoms with Crippen molar-refractivity contribution in [3.05, 3.63) is 42.4 Å². The molecule has 2 aliphatic heterocycles. The highest BCUT2D eigenvalue weighted by Gasteiger charge is 2.39. The Bertz CT molecular complexity index is 1310.